The van der Waals surface area contributed by atoms with Gasteiger partial charge in [0.2, 0.25) is 0 Å². The van der Waals surface area contributed by atoms with Gasteiger partial charge >= 0.3 is 6.18 Å². The molecule has 0 bridgehead atoms. The van der Waals surface area contributed by atoms with E-state index >= 15 is 0 Å². The van der Waals surface area contributed by atoms with Gasteiger partial charge in [-0.25, -0.2) is 4.98 Å². The first-order valence-corrected chi connectivity index (χ1v) is 9.30. The van der Waals surface area contributed by atoms with Crippen molar-refractivity contribution in [3.63, 3.8) is 0 Å². The number of piperidine rings is 1. The summed E-state index contributed by atoms with van der Waals surface area (Å²) in [5.41, 5.74) is -0.260. The maximum Gasteiger partial charge on any atom is 0.417 e. The average Bonchev–Trinajstić information content (AvgIpc) is 2.87. The number of aromatic nitrogens is 1. The van der Waals surface area contributed by atoms with Crippen molar-refractivity contribution in [2.45, 2.75) is 38.9 Å². The van der Waals surface area contributed by atoms with Crippen molar-refractivity contribution in [1.82, 2.24) is 10.3 Å². The summed E-state index contributed by atoms with van der Waals surface area (Å²) in [5.74, 6) is 1.53. The third kappa shape index (κ3) is 4.28. The molecule has 0 unspecified atom stereocenters. The fraction of sp³-hybridized carbons (Fsp3) is 0.444. The van der Waals surface area contributed by atoms with E-state index in [1.165, 1.54) is 6.07 Å². The van der Waals surface area contributed by atoms with E-state index in [9.17, 15) is 18.0 Å². The fourth-order valence-electron chi connectivity index (χ4n) is 3.17. The smallest absolute Gasteiger partial charge is 0.417 e. The lowest BCUT2D eigenvalue weighted by Gasteiger charge is -2.33. The lowest BCUT2D eigenvalue weighted by molar-refractivity contribution is -0.137. The minimum Gasteiger partial charge on any atom is -0.465 e. The molecule has 0 radical (unpaired) electrons. The predicted octanol–water partition coefficient (Wildman–Crippen LogP) is 4.47. The third-order valence-corrected chi connectivity index (χ3v) is 5.60. The van der Waals surface area contributed by atoms with Crippen molar-refractivity contribution >= 4 is 27.7 Å². The minimum atomic E-state index is -4.39. The SMILES string of the molecule is Cc1oc(C)c(C(=O)NC2CCN(c3ccc(C(F)(F)F)cn3)CC2)c1Br. The highest BCUT2D eigenvalue weighted by atomic mass is 79.9. The Hall–Kier alpha value is -2.03. The van der Waals surface area contributed by atoms with E-state index in [0.29, 0.717) is 53.3 Å². The number of carbonyl (C=O) groups is 1. The topological polar surface area (TPSA) is 58.4 Å². The summed E-state index contributed by atoms with van der Waals surface area (Å²) >= 11 is 3.38. The molecular formula is C18H19BrF3N3O2. The predicted molar refractivity (Wildman–Crippen MR) is 97.8 cm³/mol. The third-order valence-electron chi connectivity index (χ3n) is 4.64. The van der Waals surface area contributed by atoms with Crippen LogP contribution < -0.4 is 10.2 Å². The Bertz CT molecular complexity index is 826. The zero-order valence-corrected chi connectivity index (χ0v) is 16.4. The Balaban J connectivity index is 1.58. The number of pyridine rings is 1. The summed E-state index contributed by atoms with van der Waals surface area (Å²) in [5, 5.41) is 3.01. The van der Waals surface area contributed by atoms with Crippen molar-refractivity contribution < 1.29 is 22.4 Å². The van der Waals surface area contributed by atoms with Crippen LogP contribution in [0.25, 0.3) is 0 Å². The van der Waals surface area contributed by atoms with Crippen LogP contribution in [0.1, 0.15) is 40.3 Å². The number of aryl methyl sites for hydroxylation is 2. The first kappa shape index (κ1) is 19.7. The van der Waals surface area contributed by atoms with Crippen LogP contribution in [0, 0.1) is 13.8 Å². The second-order valence-corrected chi connectivity index (χ2v) is 7.33. The van der Waals surface area contributed by atoms with Gasteiger partial charge in [0, 0.05) is 25.3 Å². The zero-order valence-electron chi connectivity index (χ0n) is 14.9. The van der Waals surface area contributed by atoms with Gasteiger partial charge in [0.15, 0.2) is 0 Å². The Labute approximate surface area is 163 Å². The number of nitrogens with zero attached hydrogens (tertiary/aromatic N) is 2. The Morgan fingerprint density at radius 3 is 2.41 bits per heavy atom. The summed E-state index contributed by atoms with van der Waals surface area (Å²) in [4.78, 5) is 18.4. The number of amides is 1. The summed E-state index contributed by atoms with van der Waals surface area (Å²) in [7, 11) is 0. The molecule has 0 spiro atoms. The molecule has 9 heteroatoms. The molecule has 27 heavy (non-hydrogen) atoms. The van der Waals surface area contributed by atoms with Crippen molar-refractivity contribution in [1.29, 1.82) is 0 Å². The van der Waals surface area contributed by atoms with E-state index in [1.54, 1.807) is 13.8 Å². The maximum atomic E-state index is 12.6. The number of nitrogens with one attached hydrogen (secondary N) is 1. The lowest BCUT2D eigenvalue weighted by Crippen LogP contribution is -2.45. The molecule has 2 aromatic heterocycles. The Morgan fingerprint density at radius 1 is 1.26 bits per heavy atom. The van der Waals surface area contributed by atoms with Crippen molar-refractivity contribution in [3.8, 4) is 0 Å². The lowest BCUT2D eigenvalue weighted by atomic mass is 10.0. The second-order valence-electron chi connectivity index (χ2n) is 6.54. The molecule has 1 fully saturated rings. The van der Waals surface area contributed by atoms with Crippen LogP contribution in [0.3, 0.4) is 0 Å². The molecule has 5 nitrogen and oxygen atoms in total. The molecule has 3 rings (SSSR count). The number of anilines is 1. The van der Waals surface area contributed by atoms with Gasteiger partial charge < -0.3 is 14.6 Å². The van der Waals surface area contributed by atoms with E-state index in [-0.39, 0.29) is 11.9 Å². The largest absolute Gasteiger partial charge is 0.465 e. The van der Waals surface area contributed by atoms with Gasteiger partial charge in [0.25, 0.3) is 5.91 Å². The molecule has 1 aliphatic heterocycles. The van der Waals surface area contributed by atoms with Gasteiger partial charge in [0.1, 0.15) is 17.3 Å². The van der Waals surface area contributed by atoms with Crippen LogP contribution in [0.4, 0.5) is 19.0 Å². The Morgan fingerprint density at radius 2 is 1.93 bits per heavy atom. The molecule has 1 saturated heterocycles. The van der Waals surface area contributed by atoms with Crippen LogP contribution in [0.2, 0.25) is 0 Å². The fourth-order valence-corrected chi connectivity index (χ4v) is 3.71. The number of halogens is 4. The molecule has 1 N–H and O–H groups in total. The molecule has 0 aromatic carbocycles. The van der Waals surface area contributed by atoms with E-state index in [1.807, 2.05) is 4.90 Å². The number of hydrogen-bond acceptors (Lipinski definition) is 4. The first-order valence-electron chi connectivity index (χ1n) is 8.51. The molecule has 3 heterocycles. The van der Waals surface area contributed by atoms with E-state index in [0.717, 1.165) is 12.3 Å². The monoisotopic (exact) mass is 445 g/mol. The van der Waals surface area contributed by atoms with Gasteiger partial charge in [-0.15, -0.1) is 0 Å². The van der Waals surface area contributed by atoms with Crippen molar-refractivity contribution in [2.24, 2.45) is 0 Å². The van der Waals surface area contributed by atoms with Crippen LogP contribution in [0.5, 0.6) is 0 Å². The van der Waals surface area contributed by atoms with E-state index in [2.05, 4.69) is 26.2 Å². The summed E-state index contributed by atoms with van der Waals surface area (Å²) in [6.45, 7) is 4.73. The van der Waals surface area contributed by atoms with Crippen molar-refractivity contribution in [2.75, 3.05) is 18.0 Å². The van der Waals surface area contributed by atoms with Crippen LogP contribution >= 0.6 is 15.9 Å². The van der Waals surface area contributed by atoms with Crippen molar-refractivity contribution in [3.05, 3.63) is 45.4 Å². The maximum absolute atomic E-state index is 12.6. The number of carbonyl (C=O) groups excluding carboxylic acids is 1. The second kappa shape index (κ2) is 7.53. The van der Waals surface area contributed by atoms with E-state index < -0.39 is 11.7 Å². The summed E-state index contributed by atoms with van der Waals surface area (Å²) in [6.07, 6.45) is -2.17. The molecule has 0 aliphatic carbocycles. The summed E-state index contributed by atoms with van der Waals surface area (Å²) < 4.78 is 44.0. The van der Waals surface area contributed by atoms with Gasteiger partial charge in [0.05, 0.1) is 15.6 Å². The minimum absolute atomic E-state index is 0.00953. The quantitative estimate of drug-likeness (QED) is 0.756. The zero-order chi connectivity index (χ0) is 19.8. The molecule has 0 atom stereocenters. The number of hydrogen-bond donors (Lipinski definition) is 1. The van der Waals surface area contributed by atoms with Gasteiger partial charge in [-0.3, -0.25) is 4.79 Å². The molecule has 1 aliphatic rings. The molecule has 1 amide bonds. The highest BCUT2D eigenvalue weighted by Gasteiger charge is 2.31. The first-order chi connectivity index (χ1) is 12.7. The average molecular weight is 446 g/mol. The van der Waals surface area contributed by atoms with Gasteiger partial charge in [-0.05, 0) is 54.8 Å². The molecule has 146 valence electrons. The number of alkyl halides is 3. The molecule has 2 aromatic rings. The number of rotatable bonds is 3. The molecule has 0 saturated carbocycles. The highest BCUT2D eigenvalue weighted by Crippen LogP contribution is 2.30. The van der Waals surface area contributed by atoms with Gasteiger partial charge in [-0.2, -0.15) is 13.2 Å². The standard InChI is InChI=1S/C18H19BrF3N3O2/c1-10-15(16(19)11(2)27-10)17(26)24-13-5-7-25(8-6-13)14-4-3-12(9-23-14)18(20,21)22/h3-4,9,13H,5-8H2,1-2H3,(H,24,26). The van der Waals surface area contributed by atoms with Gasteiger partial charge in [-0.1, -0.05) is 0 Å². The number of furan rings is 1. The highest BCUT2D eigenvalue weighted by molar-refractivity contribution is 9.10. The normalized spacial score (nSPS) is 15.9. The van der Waals surface area contributed by atoms with E-state index in [4.69, 9.17) is 4.42 Å². The Kier molecular flexibility index (Phi) is 5.50. The van der Waals surface area contributed by atoms with Crippen LogP contribution in [-0.2, 0) is 6.18 Å². The van der Waals surface area contributed by atoms with Crippen LogP contribution in [-0.4, -0.2) is 30.0 Å². The van der Waals surface area contributed by atoms with Crippen LogP contribution in [0.15, 0.2) is 27.2 Å². The molecular weight excluding hydrogens is 427 g/mol. The summed E-state index contributed by atoms with van der Waals surface area (Å²) in [6, 6.07) is 2.42.